The summed E-state index contributed by atoms with van der Waals surface area (Å²) in [5.74, 6) is 1.66. The van der Waals surface area contributed by atoms with Crippen molar-refractivity contribution in [2.45, 2.75) is 31.3 Å². The molecule has 2 fully saturated rings. The average Bonchev–Trinajstić information content (AvgIpc) is 3.17. The summed E-state index contributed by atoms with van der Waals surface area (Å²) in [5, 5.41) is 8.71. The van der Waals surface area contributed by atoms with Crippen molar-refractivity contribution in [3.63, 3.8) is 0 Å². The van der Waals surface area contributed by atoms with Crippen molar-refractivity contribution < 1.29 is 4.42 Å². The van der Waals surface area contributed by atoms with E-state index in [1.54, 1.807) is 6.26 Å². The Balaban J connectivity index is 1.31. The molecule has 6 heteroatoms. The Bertz CT molecular complexity index is 587. The Morgan fingerprint density at radius 1 is 1.29 bits per heavy atom. The maximum absolute atomic E-state index is 5.01. The van der Waals surface area contributed by atoms with Crippen LogP contribution in [0.2, 0.25) is 0 Å². The van der Waals surface area contributed by atoms with Gasteiger partial charge in [0.25, 0.3) is 0 Å². The van der Waals surface area contributed by atoms with E-state index in [2.05, 4.69) is 44.2 Å². The molecule has 2 aliphatic rings. The molecule has 1 saturated heterocycles. The molecule has 2 aromatic rings. The molecule has 1 saturated carbocycles. The van der Waals surface area contributed by atoms with Gasteiger partial charge in [-0.15, -0.1) is 5.10 Å². The third kappa shape index (κ3) is 2.63. The molecule has 0 unspecified atom stereocenters. The van der Waals surface area contributed by atoms with Gasteiger partial charge in [0.1, 0.15) is 6.26 Å². The number of anilines is 1. The molecule has 1 aliphatic carbocycles. The summed E-state index contributed by atoms with van der Waals surface area (Å²) in [6.07, 6.45) is 5.72. The predicted octanol–water partition coefficient (Wildman–Crippen LogP) is 1.66. The number of aromatic nitrogens is 3. The highest BCUT2D eigenvalue weighted by atomic mass is 16.3. The molecule has 0 spiro atoms. The van der Waals surface area contributed by atoms with Gasteiger partial charge in [-0.2, -0.15) is 5.10 Å². The molecule has 0 N–H and O–H groups in total. The minimum atomic E-state index is 0.534. The number of rotatable bonds is 5. The topological polar surface area (TPSA) is 58.3 Å². The second kappa shape index (κ2) is 5.11. The average molecular weight is 285 g/mol. The van der Waals surface area contributed by atoms with E-state index in [1.165, 1.54) is 19.2 Å². The number of hydrogen-bond acceptors (Lipinski definition) is 6. The van der Waals surface area contributed by atoms with Crippen LogP contribution in [0.4, 0.5) is 5.82 Å². The van der Waals surface area contributed by atoms with E-state index in [0.29, 0.717) is 12.0 Å². The maximum atomic E-state index is 5.01. The van der Waals surface area contributed by atoms with Crippen molar-refractivity contribution in [2.75, 3.05) is 25.0 Å². The zero-order valence-corrected chi connectivity index (χ0v) is 12.1. The largest absolute Gasteiger partial charge is 0.451 e. The quantitative estimate of drug-likeness (QED) is 0.833. The highest BCUT2D eigenvalue weighted by Crippen LogP contribution is 2.38. The first kappa shape index (κ1) is 12.8. The zero-order chi connectivity index (χ0) is 14.2. The maximum Gasteiger partial charge on any atom is 0.180 e. The second-order valence-electron chi connectivity index (χ2n) is 6.04. The van der Waals surface area contributed by atoms with E-state index in [1.807, 2.05) is 0 Å². The molecular formula is C15H19N5O. The van der Waals surface area contributed by atoms with Gasteiger partial charge in [0, 0.05) is 31.6 Å². The Morgan fingerprint density at radius 2 is 2.14 bits per heavy atom. The number of hydrogen-bond donors (Lipinski definition) is 0. The van der Waals surface area contributed by atoms with Gasteiger partial charge in [-0.3, -0.25) is 4.90 Å². The van der Waals surface area contributed by atoms with Gasteiger partial charge in [0.05, 0.1) is 11.4 Å². The Kier molecular flexibility index (Phi) is 3.11. The molecule has 21 heavy (non-hydrogen) atoms. The van der Waals surface area contributed by atoms with Gasteiger partial charge in [-0.25, -0.2) is 4.98 Å². The Morgan fingerprint density at radius 3 is 2.76 bits per heavy atom. The fraction of sp³-hybridized carbons (Fsp3) is 0.533. The number of nitrogens with zero attached hydrogens (tertiary/aromatic N) is 5. The molecule has 1 aliphatic heterocycles. The predicted molar refractivity (Wildman–Crippen MR) is 78.0 cm³/mol. The van der Waals surface area contributed by atoms with E-state index in [4.69, 9.17) is 4.42 Å². The van der Waals surface area contributed by atoms with Crippen LogP contribution in [0.1, 0.15) is 30.1 Å². The Labute approximate surface area is 123 Å². The summed E-state index contributed by atoms with van der Waals surface area (Å²) in [5.41, 5.74) is 2.13. The molecule has 6 nitrogen and oxygen atoms in total. The molecule has 0 atom stereocenters. The van der Waals surface area contributed by atoms with E-state index in [9.17, 15) is 0 Å². The van der Waals surface area contributed by atoms with Crippen molar-refractivity contribution in [2.24, 2.45) is 0 Å². The van der Waals surface area contributed by atoms with Crippen molar-refractivity contribution in [3.8, 4) is 0 Å². The SMILES string of the molecule is CN(Cc1cocn1)C1CN(c2ccc(C3CC3)nn2)C1. The molecule has 4 rings (SSSR count). The van der Waals surface area contributed by atoms with Gasteiger partial charge in [0.2, 0.25) is 0 Å². The lowest BCUT2D eigenvalue weighted by Crippen LogP contribution is -2.58. The van der Waals surface area contributed by atoms with Gasteiger partial charge in [0.15, 0.2) is 12.2 Å². The number of oxazole rings is 1. The Hall–Kier alpha value is -1.95. The monoisotopic (exact) mass is 285 g/mol. The van der Waals surface area contributed by atoms with Crippen LogP contribution in [0.5, 0.6) is 0 Å². The summed E-state index contributed by atoms with van der Waals surface area (Å²) in [6, 6.07) is 4.77. The second-order valence-corrected chi connectivity index (χ2v) is 6.04. The van der Waals surface area contributed by atoms with E-state index in [0.717, 1.165) is 36.8 Å². The van der Waals surface area contributed by atoms with Crippen molar-refractivity contribution in [1.29, 1.82) is 0 Å². The molecule has 0 radical (unpaired) electrons. The van der Waals surface area contributed by atoms with Crippen LogP contribution in [0, 0.1) is 0 Å². The minimum Gasteiger partial charge on any atom is -0.451 e. The molecule has 3 heterocycles. The van der Waals surface area contributed by atoms with Crippen LogP contribution >= 0.6 is 0 Å². The third-order valence-corrected chi connectivity index (χ3v) is 4.37. The summed E-state index contributed by atoms with van der Waals surface area (Å²) in [6.45, 7) is 2.80. The van der Waals surface area contributed by atoms with Gasteiger partial charge in [-0.1, -0.05) is 0 Å². The first-order chi connectivity index (χ1) is 10.3. The van der Waals surface area contributed by atoms with Crippen LogP contribution in [-0.2, 0) is 6.54 Å². The third-order valence-electron chi connectivity index (χ3n) is 4.37. The van der Waals surface area contributed by atoms with Crippen LogP contribution in [0.15, 0.2) is 29.2 Å². The van der Waals surface area contributed by atoms with Crippen LogP contribution in [0.3, 0.4) is 0 Å². The van der Waals surface area contributed by atoms with Crippen LogP contribution in [0.25, 0.3) is 0 Å². The van der Waals surface area contributed by atoms with Crippen LogP contribution in [-0.4, -0.2) is 46.3 Å². The lowest BCUT2D eigenvalue weighted by atomic mass is 10.1. The summed E-state index contributed by atoms with van der Waals surface area (Å²) in [7, 11) is 2.12. The van der Waals surface area contributed by atoms with Gasteiger partial charge in [-0.05, 0) is 32.0 Å². The first-order valence-electron chi connectivity index (χ1n) is 7.45. The molecular weight excluding hydrogens is 266 g/mol. The van der Waals surface area contributed by atoms with E-state index >= 15 is 0 Å². The molecule has 0 aromatic carbocycles. The van der Waals surface area contributed by atoms with E-state index < -0.39 is 0 Å². The standard InChI is InChI=1S/C15H19N5O/c1-19(6-12-9-21-10-16-12)13-7-20(8-13)15-5-4-14(17-18-15)11-2-3-11/h4-5,9-11,13H,2-3,6-8H2,1H3. The summed E-state index contributed by atoms with van der Waals surface area (Å²) in [4.78, 5) is 8.74. The van der Waals surface area contributed by atoms with Gasteiger partial charge >= 0.3 is 0 Å². The zero-order valence-electron chi connectivity index (χ0n) is 12.1. The van der Waals surface area contributed by atoms with E-state index in [-0.39, 0.29) is 0 Å². The normalized spacial score (nSPS) is 19.0. The fourth-order valence-corrected chi connectivity index (χ4v) is 2.72. The van der Waals surface area contributed by atoms with Crippen LogP contribution < -0.4 is 4.90 Å². The molecule has 0 amide bonds. The summed E-state index contributed by atoms with van der Waals surface area (Å²) < 4.78 is 5.01. The highest BCUT2D eigenvalue weighted by Gasteiger charge is 2.32. The highest BCUT2D eigenvalue weighted by molar-refractivity contribution is 5.42. The lowest BCUT2D eigenvalue weighted by molar-refractivity contribution is 0.194. The smallest absolute Gasteiger partial charge is 0.180 e. The first-order valence-corrected chi connectivity index (χ1v) is 7.45. The van der Waals surface area contributed by atoms with Crippen molar-refractivity contribution >= 4 is 5.82 Å². The summed E-state index contributed by atoms with van der Waals surface area (Å²) >= 11 is 0. The lowest BCUT2D eigenvalue weighted by Gasteiger charge is -2.44. The molecule has 2 aromatic heterocycles. The molecule has 0 bridgehead atoms. The van der Waals surface area contributed by atoms with Crippen molar-refractivity contribution in [1.82, 2.24) is 20.1 Å². The number of likely N-dealkylation sites (N-methyl/N-ethyl adjacent to an activating group) is 1. The fourth-order valence-electron chi connectivity index (χ4n) is 2.72. The minimum absolute atomic E-state index is 0.534. The molecule has 110 valence electrons. The van der Waals surface area contributed by atoms with Gasteiger partial charge < -0.3 is 9.32 Å². The van der Waals surface area contributed by atoms with Crippen molar-refractivity contribution in [3.05, 3.63) is 36.2 Å².